The number of hydrogen-bond donors (Lipinski definition) is 1. The number of hydrogen-bond acceptors (Lipinski definition) is 3. The summed E-state index contributed by atoms with van der Waals surface area (Å²) in [7, 11) is 0. The predicted octanol–water partition coefficient (Wildman–Crippen LogP) is 2.87. The third-order valence-corrected chi connectivity index (χ3v) is 3.45. The molecule has 0 atom stereocenters. The number of imidazole rings is 1. The van der Waals surface area contributed by atoms with Crippen molar-refractivity contribution in [2.24, 2.45) is 0 Å². The van der Waals surface area contributed by atoms with Gasteiger partial charge in [0.1, 0.15) is 11.6 Å². The Kier molecular flexibility index (Phi) is 3.48. The molecule has 20 heavy (non-hydrogen) atoms. The molecule has 1 aromatic carbocycles. The van der Waals surface area contributed by atoms with Gasteiger partial charge in [0.15, 0.2) is 0 Å². The summed E-state index contributed by atoms with van der Waals surface area (Å²) in [6, 6.07) is 8.02. The van der Waals surface area contributed by atoms with Crippen LogP contribution in [0.1, 0.15) is 24.7 Å². The maximum absolute atomic E-state index is 9.44. The predicted molar refractivity (Wildman–Crippen MR) is 78.8 cm³/mol. The van der Waals surface area contributed by atoms with Crippen LogP contribution in [0, 0.1) is 0 Å². The van der Waals surface area contributed by atoms with Crippen LogP contribution in [0.25, 0.3) is 16.6 Å². The molecule has 0 amide bonds. The zero-order valence-corrected chi connectivity index (χ0v) is 11.5. The molecule has 2 aromatic heterocycles. The highest BCUT2D eigenvalue weighted by atomic mass is 16.3. The van der Waals surface area contributed by atoms with Crippen molar-refractivity contribution in [1.29, 1.82) is 0 Å². The van der Waals surface area contributed by atoms with E-state index in [1.165, 1.54) is 0 Å². The molecule has 102 valence electrons. The summed E-state index contributed by atoms with van der Waals surface area (Å²) in [6.45, 7) is 2.14. The van der Waals surface area contributed by atoms with Crippen molar-refractivity contribution in [3.63, 3.8) is 0 Å². The van der Waals surface area contributed by atoms with E-state index in [4.69, 9.17) is 0 Å². The second kappa shape index (κ2) is 5.43. The van der Waals surface area contributed by atoms with E-state index in [0.717, 1.165) is 40.8 Å². The summed E-state index contributed by atoms with van der Waals surface area (Å²) in [6.07, 6.45) is 7.46. The second-order valence-corrected chi connectivity index (χ2v) is 4.77. The van der Waals surface area contributed by atoms with Crippen molar-refractivity contribution in [2.45, 2.75) is 26.4 Å². The molecule has 0 aliphatic heterocycles. The van der Waals surface area contributed by atoms with E-state index >= 15 is 0 Å². The molecular weight excluding hydrogens is 250 g/mol. The van der Waals surface area contributed by atoms with Gasteiger partial charge in [-0.1, -0.05) is 31.2 Å². The van der Waals surface area contributed by atoms with Crippen molar-refractivity contribution in [2.75, 3.05) is 0 Å². The van der Waals surface area contributed by atoms with E-state index in [-0.39, 0.29) is 6.61 Å². The number of nitrogens with zero attached hydrogens (tertiary/aromatic N) is 3. The van der Waals surface area contributed by atoms with Gasteiger partial charge in [0.25, 0.3) is 0 Å². The first kappa shape index (κ1) is 12.8. The lowest BCUT2D eigenvalue weighted by atomic mass is 10.1. The van der Waals surface area contributed by atoms with Gasteiger partial charge in [0.05, 0.1) is 6.61 Å². The lowest BCUT2D eigenvalue weighted by Crippen LogP contribution is -2.04. The monoisotopic (exact) mass is 267 g/mol. The molecule has 0 fully saturated rings. The third-order valence-electron chi connectivity index (χ3n) is 3.45. The van der Waals surface area contributed by atoms with E-state index in [2.05, 4.69) is 16.9 Å². The van der Waals surface area contributed by atoms with E-state index in [1.54, 1.807) is 12.4 Å². The second-order valence-electron chi connectivity index (χ2n) is 4.77. The molecule has 1 N–H and O–H groups in total. The fourth-order valence-corrected chi connectivity index (χ4v) is 2.49. The van der Waals surface area contributed by atoms with E-state index in [0.29, 0.717) is 0 Å². The Bertz CT molecular complexity index is 733. The third kappa shape index (κ3) is 2.08. The molecule has 4 heteroatoms. The topological polar surface area (TPSA) is 50.9 Å². The van der Waals surface area contributed by atoms with Crippen molar-refractivity contribution in [1.82, 2.24) is 14.5 Å². The molecule has 0 bridgehead atoms. The first-order valence-corrected chi connectivity index (χ1v) is 6.85. The van der Waals surface area contributed by atoms with E-state index in [9.17, 15) is 5.11 Å². The Morgan fingerprint density at radius 1 is 1.15 bits per heavy atom. The Hall–Kier alpha value is -2.20. The van der Waals surface area contributed by atoms with Gasteiger partial charge in [-0.05, 0) is 11.8 Å². The summed E-state index contributed by atoms with van der Waals surface area (Å²) in [4.78, 5) is 8.93. The lowest BCUT2D eigenvalue weighted by molar-refractivity contribution is 0.283. The molecule has 0 unspecified atom stereocenters. The van der Waals surface area contributed by atoms with Gasteiger partial charge < -0.3 is 5.11 Å². The molecule has 0 saturated heterocycles. The quantitative estimate of drug-likeness (QED) is 0.790. The standard InChI is InChI=1S/C16H17N3O/c1-2-5-15-17-8-9-19(15)16-14-7-4-3-6-13(14)12(11-20)10-18-16/h3-4,6-10,20H,2,5,11H2,1H3. The highest BCUT2D eigenvalue weighted by molar-refractivity contribution is 5.91. The Labute approximate surface area is 117 Å². The van der Waals surface area contributed by atoms with E-state index in [1.807, 2.05) is 35.0 Å². The molecule has 3 aromatic rings. The van der Waals surface area contributed by atoms with Gasteiger partial charge in [-0.15, -0.1) is 0 Å². The molecule has 3 rings (SSSR count). The average Bonchev–Trinajstić information content (AvgIpc) is 2.94. The zero-order chi connectivity index (χ0) is 13.9. The van der Waals surface area contributed by atoms with Crippen LogP contribution in [0.3, 0.4) is 0 Å². The van der Waals surface area contributed by atoms with Gasteiger partial charge in [-0.3, -0.25) is 4.57 Å². The Morgan fingerprint density at radius 3 is 2.70 bits per heavy atom. The van der Waals surface area contributed by atoms with Crippen LogP contribution in [-0.2, 0) is 13.0 Å². The number of aromatic nitrogens is 3. The van der Waals surface area contributed by atoms with Crippen LogP contribution in [0.15, 0.2) is 42.9 Å². The zero-order valence-electron chi connectivity index (χ0n) is 11.5. The Morgan fingerprint density at radius 2 is 1.95 bits per heavy atom. The van der Waals surface area contributed by atoms with Crippen molar-refractivity contribution >= 4 is 10.8 Å². The number of rotatable bonds is 4. The van der Waals surface area contributed by atoms with Gasteiger partial charge in [-0.2, -0.15) is 0 Å². The minimum Gasteiger partial charge on any atom is -0.392 e. The van der Waals surface area contributed by atoms with Crippen LogP contribution in [-0.4, -0.2) is 19.6 Å². The fourth-order valence-electron chi connectivity index (χ4n) is 2.49. The number of pyridine rings is 1. The fraction of sp³-hybridized carbons (Fsp3) is 0.250. The smallest absolute Gasteiger partial charge is 0.145 e. The first-order chi connectivity index (χ1) is 9.85. The van der Waals surface area contributed by atoms with Crippen LogP contribution in [0.4, 0.5) is 0 Å². The Balaban J connectivity index is 2.24. The van der Waals surface area contributed by atoms with Crippen LogP contribution in [0.2, 0.25) is 0 Å². The molecule has 0 aliphatic carbocycles. The summed E-state index contributed by atoms with van der Waals surface area (Å²) in [5, 5.41) is 11.5. The molecule has 0 saturated carbocycles. The van der Waals surface area contributed by atoms with Crippen LogP contribution >= 0.6 is 0 Å². The number of aliphatic hydroxyl groups excluding tert-OH is 1. The summed E-state index contributed by atoms with van der Waals surface area (Å²) >= 11 is 0. The van der Waals surface area contributed by atoms with Crippen LogP contribution < -0.4 is 0 Å². The summed E-state index contributed by atoms with van der Waals surface area (Å²) in [5.41, 5.74) is 0.849. The lowest BCUT2D eigenvalue weighted by Gasteiger charge is -2.11. The number of aliphatic hydroxyl groups is 1. The number of benzene rings is 1. The molecule has 2 heterocycles. The maximum atomic E-state index is 9.44. The first-order valence-electron chi connectivity index (χ1n) is 6.85. The highest BCUT2D eigenvalue weighted by Crippen LogP contribution is 2.24. The summed E-state index contributed by atoms with van der Waals surface area (Å²) < 4.78 is 2.03. The van der Waals surface area contributed by atoms with Gasteiger partial charge in [0.2, 0.25) is 0 Å². The SMILES string of the molecule is CCCc1nccn1-c1ncc(CO)c2ccccc12. The van der Waals surface area contributed by atoms with Gasteiger partial charge in [-0.25, -0.2) is 9.97 Å². The molecule has 0 spiro atoms. The molecule has 4 nitrogen and oxygen atoms in total. The van der Waals surface area contributed by atoms with Crippen molar-refractivity contribution in [3.8, 4) is 5.82 Å². The largest absolute Gasteiger partial charge is 0.392 e. The van der Waals surface area contributed by atoms with Crippen LogP contribution in [0.5, 0.6) is 0 Å². The number of aryl methyl sites for hydroxylation is 1. The minimum atomic E-state index is -0.000457. The molecule has 0 radical (unpaired) electrons. The number of fused-ring (bicyclic) bond motifs is 1. The molecule has 0 aliphatic rings. The van der Waals surface area contributed by atoms with E-state index < -0.39 is 0 Å². The van der Waals surface area contributed by atoms with Crippen molar-refractivity contribution in [3.05, 3.63) is 54.2 Å². The van der Waals surface area contributed by atoms with Gasteiger partial charge >= 0.3 is 0 Å². The normalized spacial score (nSPS) is 11.1. The van der Waals surface area contributed by atoms with Crippen molar-refractivity contribution < 1.29 is 5.11 Å². The molecular formula is C16H17N3O. The average molecular weight is 267 g/mol. The minimum absolute atomic E-state index is 0.000457. The summed E-state index contributed by atoms with van der Waals surface area (Å²) in [5.74, 6) is 1.89. The highest BCUT2D eigenvalue weighted by Gasteiger charge is 2.11. The van der Waals surface area contributed by atoms with Gasteiger partial charge in [0, 0.05) is 36.0 Å². The maximum Gasteiger partial charge on any atom is 0.145 e.